The maximum Gasteiger partial charge on any atom is 0.277 e. The van der Waals surface area contributed by atoms with Crippen LogP contribution in [0.25, 0.3) is 10.2 Å². The molecule has 3 aromatic rings. The smallest absolute Gasteiger partial charge is 0.277 e. The molecule has 1 aromatic carbocycles. The van der Waals surface area contributed by atoms with E-state index in [1.54, 1.807) is 11.3 Å². The SMILES string of the molecule is Cc1ccsc1CN(C)C(=O)C[NH+]1CCC(c2nc3ccccc3s2)CC1. The molecule has 3 heterocycles. The van der Waals surface area contributed by atoms with Gasteiger partial charge in [-0.05, 0) is 36.1 Å². The van der Waals surface area contributed by atoms with Crippen LogP contribution in [0.1, 0.15) is 34.2 Å². The number of benzene rings is 1. The number of rotatable bonds is 5. The lowest BCUT2D eigenvalue weighted by Crippen LogP contribution is -3.14. The van der Waals surface area contributed by atoms with Gasteiger partial charge in [-0.15, -0.1) is 22.7 Å². The Morgan fingerprint density at radius 1 is 1.26 bits per heavy atom. The molecule has 27 heavy (non-hydrogen) atoms. The zero-order chi connectivity index (χ0) is 18.8. The Morgan fingerprint density at radius 3 is 2.74 bits per heavy atom. The third kappa shape index (κ3) is 4.23. The van der Waals surface area contributed by atoms with Gasteiger partial charge in [0.15, 0.2) is 6.54 Å². The van der Waals surface area contributed by atoms with Crippen molar-refractivity contribution in [3.63, 3.8) is 0 Å². The van der Waals surface area contributed by atoms with Gasteiger partial charge in [0.2, 0.25) is 0 Å². The molecule has 0 aliphatic carbocycles. The highest BCUT2D eigenvalue weighted by Gasteiger charge is 2.28. The van der Waals surface area contributed by atoms with Gasteiger partial charge in [-0.25, -0.2) is 4.98 Å². The van der Waals surface area contributed by atoms with E-state index in [0.717, 1.165) is 38.0 Å². The minimum Gasteiger partial charge on any atom is -0.336 e. The Hall–Kier alpha value is -1.76. The summed E-state index contributed by atoms with van der Waals surface area (Å²) in [7, 11) is 1.93. The lowest BCUT2D eigenvalue weighted by Gasteiger charge is -2.29. The number of thiazole rings is 1. The number of piperidine rings is 1. The first-order valence-electron chi connectivity index (χ1n) is 9.56. The second-order valence-corrected chi connectivity index (χ2v) is 9.56. The predicted molar refractivity (Wildman–Crippen MR) is 113 cm³/mol. The van der Waals surface area contributed by atoms with Crippen molar-refractivity contribution in [1.29, 1.82) is 0 Å². The van der Waals surface area contributed by atoms with Gasteiger partial charge < -0.3 is 9.80 Å². The Balaban J connectivity index is 1.30. The van der Waals surface area contributed by atoms with Crippen LogP contribution in [0, 0.1) is 6.92 Å². The Morgan fingerprint density at radius 2 is 2.04 bits per heavy atom. The normalized spacial score (nSPS) is 20.1. The first-order valence-corrected chi connectivity index (χ1v) is 11.3. The number of para-hydroxylation sites is 1. The van der Waals surface area contributed by atoms with E-state index in [1.807, 2.05) is 23.3 Å². The van der Waals surface area contributed by atoms with Crippen molar-refractivity contribution < 1.29 is 9.69 Å². The highest BCUT2D eigenvalue weighted by Crippen LogP contribution is 2.31. The maximum atomic E-state index is 12.6. The van der Waals surface area contributed by atoms with Crippen LogP contribution in [0.2, 0.25) is 0 Å². The molecular weight excluding hydrogens is 374 g/mol. The van der Waals surface area contributed by atoms with Gasteiger partial charge in [-0.2, -0.15) is 0 Å². The summed E-state index contributed by atoms with van der Waals surface area (Å²) in [6.45, 7) is 5.55. The van der Waals surface area contributed by atoms with Gasteiger partial charge in [0.25, 0.3) is 5.91 Å². The summed E-state index contributed by atoms with van der Waals surface area (Å²) >= 11 is 3.57. The molecule has 6 heteroatoms. The number of carbonyl (C=O) groups is 1. The Labute approximate surface area is 168 Å². The van der Waals surface area contributed by atoms with Gasteiger partial charge >= 0.3 is 0 Å². The van der Waals surface area contributed by atoms with E-state index in [9.17, 15) is 4.79 Å². The standard InChI is InChI=1S/C21H25N3OS2/c1-15-9-12-26-19(15)13-23(2)20(25)14-24-10-7-16(8-11-24)21-22-17-5-3-4-6-18(17)27-21/h3-6,9,12,16H,7-8,10-11,13-14H2,1-2H3/p+1. The Kier molecular flexibility index (Phi) is 5.57. The van der Waals surface area contributed by atoms with Gasteiger partial charge in [0.1, 0.15) is 0 Å². The van der Waals surface area contributed by atoms with Crippen LogP contribution in [0.3, 0.4) is 0 Å². The summed E-state index contributed by atoms with van der Waals surface area (Å²) in [5.74, 6) is 0.795. The molecular formula is C21H26N3OS2+. The maximum absolute atomic E-state index is 12.6. The largest absolute Gasteiger partial charge is 0.336 e. The fourth-order valence-electron chi connectivity index (χ4n) is 3.73. The number of quaternary nitrogens is 1. The van der Waals surface area contributed by atoms with Crippen LogP contribution in [0.5, 0.6) is 0 Å². The average Bonchev–Trinajstić information content (AvgIpc) is 3.28. The van der Waals surface area contributed by atoms with Crippen LogP contribution in [-0.2, 0) is 11.3 Å². The van der Waals surface area contributed by atoms with Crippen LogP contribution in [0.4, 0.5) is 0 Å². The molecule has 0 atom stereocenters. The van der Waals surface area contributed by atoms with Crippen molar-refractivity contribution in [3.8, 4) is 0 Å². The van der Waals surface area contributed by atoms with Crippen molar-refractivity contribution in [3.05, 3.63) is 51.2 Å². The molecule has 1 aliphatic rings. The topological polar surface area (TPSA) is 37.6 Å². The Bertz CT molecular complexity index is 891. The number of hydrogen-bond acceptors (Lipinski definition) is 4. The number of amides is 1. The summed E-state index contributed by atoms with van der Waals surface area (Å²) in [4.78, 5) is 22.0. The molecule has 0 saturated carbocycles. The molecule has 0 spiro atoms. The second kappa shape index (κ2) is 8.09. The van der Waals surface area contributed by atoms with E-state index in [1.165, 1.54) is 25.0 Å². The van der Waals surface area contributed by atoms with Gasteiger partial charge in [-0.3, -0.25) is 4.79 Å². The molecule has 4 nitrogen and oxygen atoms in total. The quantitative estimate of drug-likeness (QED) is 0.715. The number of fused-ring (bicyclic) bond motifs is 1. The fraction of sp³-hybridized carbons (Fsp3) is 0.429. The number of hydrogen-bond donors (Lipinski definition) is 1. The second-order valence-electron chi connectivity index (χ2n) is 7.50. The number of aromatic nitrogens is 1. The highest BCUT2D eigenvalue weighted by molar-refractivity contribution is 7.18. The monoisotopic (exact) mass is 400 g/mol. The van der Waals surface area contributed by atoms with Crippen molar-refractivity contribution in [2.75, 3.05) is 26.7 Å². The van der Waals surface area contributed by atoms with E-state index in [-0.39, 0.29) is 5.91 Å². The average molecular weight is 401 g/mol. The highest BCUT2D eigenvalue weighted by atomic mass is 32.1. The molecule has 1 fully saturated rings. The van der Waals surface area contributed by atoms with Crippen molar-refractivity contribution in [2.24, 2.45) is 0 Å². The summed E-state index contributed by atoms with van der Waals surface area (Å²) in [5, 5.41) is 3.37. The summed E-state index contributed by atoms with van der Waals surface area (Å²) in [6, 6.07) is 10.5. The number of thiophene rings is 1. The number of aryl methyl sites for hydroxylation is 1. The van der Waals surface area contributed by atoms with E-state index < -0.39 is 0 Å². The molecule has 1 aliphatic heterocycles. The molecule has 0 unspecified atom stereocenters. The lowest BCUT2D eigenvalue weighted by atomic mass is 9.97. The first kappa shape index (κ1) is 18.6. The van der Waals surface area contributed by atoms with E-state index in [2.05, 4.69) is 42.6 Å². The number of nitrogens with one attached hydrogen (secondary N) is 1. The number of likely N-dealkylation sites (tertiary alicyclic amines) is 1. The third-order valence-corrected chi connectivity index (χ3v) is 7.73. The van der Waals surface area contributed by atoms with Crippen molar-refractivity contribution in [1.82, 2.24) is 9.88 Å². The lowest BCUT2D eigenvalue weighted by molar-refractivity contribution is -0.897. The van der Waals surface area contributed by atoms with Gasteiger partial charge in [-0.1, -0.05) is 12.1 Å². The summed E-state index contributed by atoms with van der Waals surface area (Å²) < 4.78 is 1.28. The first-order chi connectivity index (χ1) is 13.1. The van der Waals surface area contributed by atoms with E-state index >= 15 is 0 Å². The van der Waals surface area contributed by atoms with Crippen LogP contribution < -0.4 is 4.90 Å². The molecule has 142 valence electrons. The van der Waals surface area contributed by atoms with Crippen molar-refractivity contribution >= 4 is 38.8 Å². The fourth-order valence-corrected chi connectivity index (χ4v) is 5.83. The van der Waals surface area contributed by atoms with E-state index in [4.69, 9.17) is 4.98 Å². The molecule has 0 radical (unpaired) electrons. The zero-order valence-corrected chi connectivity index (χ0v) is 17.5. The summed E-state index contributed by atoms with van der Waals surface area (Å²) in [5.41, 5.74) is 2.40. The molecule has 2 aromatic heterocycles. The van der Waals surface area contributed by atoms with E-state index in [0.29, 0.717) is 12.5 Å². The minimum atomic E-state index is 0.247. The molecule has 1 amide bonds. The molecule has 1 saturated heterocycles. The number of nitrogens with zero attached hydrogens (tertiary/aromatic N) is 2. The van der Waals surface area contributed by atoms with Crippen LogP contribution >= 0.6 is 22.7 Å². The van der Waals surface area contributed by atoms with Crippen LogP contribution in [-0.4, -0.2) is 42.5 Å². The number of likely N-dealkylation sites (N-methyl/N-ethyl adjacent to an activating group) is 1. The zero-order valence-electron chi connectivity index (χ0n) is 15.9. The molecule has 0 bridgehead atoms. The predicted octanol–water partition coefficient (Wildman–Crippen LogP) is 3.09. The molecule has 4 rings (SSSR count). The summed E-state index contributed by atoms with van der Waals surface area (Å²) in [6.07, 6.45) is 2.24. The minimum absolute atomic E-state index is 0.247. The van der Waals surface area contributed by atoms with Gasteiger partial charge in [0, 0.05) is 30.7 Å². The number of carbonyl (C=O) groups excluding carboxylic acids is 1. The van der Waals surface area contributed by atoms with Gasteiger partial charge in [0.05, 0.1) is 34.9 Å². The van der Waals surface area contributed by atoms with Crippen LogP contribution in [0.15, 0.2) is 35.7 Å². The third-order valence-electron chi connectivity index (χ3n) is 5.53. The molecule has 1 N–H and O–H groups in total. The van der Waals surface area contributed by atoms with Crippen molar-refractivity contribution in [2.45, 2.75) is 32.2 Å².